The van der Waals surface area contributed by atoms with Crippen molar-refractivity contribution in [1.82, 2.24) is 4.98 Å². The number of rotatable bonds is 2. The Balaban J connectivity index is 2.05. The lowest BCUT2D eigenvalue weighted by Gasteiger charge is -2.05. The van der Waals surface area contributed by atoms with Crippen molar-refractivity contribution >= 4 is 22.4 Å². The molecule has 0 bridgehead atoms. The van der Waals surface area contributed by atoms with E-state index in [1.165, 1.54) is 0 Å². The second-order valence-electron chi connectivity index (χ2n) is 4.82. The van der Waals surface area contributed by atoms with Crippen molar-refractivity contribution in [3.8, 4) is 0 Å². The average Bonchev–Trinajstić information content (AvgIpc) is 2.49. The predicted molar refractivity (Wildman–Crippen MR) is 80.8 cm³/mol. The number of carbonyl (C=O) groups excluding carboxylic acids is 1. The lowest BCUT2D eigenvalue weighted by Crippen LogP contribution is -2.03. The van der Waals surface area contributed by atoms with Crippen LogP contribution >= 0.6 is 0 Å². The third-order valence-corrected chi connectivity index (χ3v) is 3.38. The Kier molecular flexibility index (Phi) is 2.95. The number of para-hydroxylation sites is 1. The van der Waals surface area contributed by atoms with Gasteiger partial charge in [-0.15, -0.1) is 0 Å². The fourth-order valence-corrected chi connectivity index (χ4v) is 2.18. The number of aryl methyl sites for hydroxylation is 1. The molecule has 3 heteroatoms. The van der Waals surface area contributed by atoms with E-state index in [0.29, 0.717) is 16.8 Å². The molecule has 3 nitrogen and oxygen atoms in total. The molecule has 1 aromatic heterocycles. The monoisotopic (exact) mass is 262 g/mol. The molecular weight excluding hydrogens is 248 g/mol. The van der Waals surface area contributed by atoms with Crippen molar-refractivity contribution in [1.29, 1.82) is 0 Å². The molecule has 20 heavy (non-hydrogen) atoms. The van der Waals surface area contributed by atoms with E-state index in [9.17, 15) is 4.79 Å². The van der Waals surface area contributed by atoms with Gasteiger partial charge in [0.1, 0.15) is 0 Å². The molecule has 1 heterocycles. The summed E-state index contributed by atoms with van der Waals surface area (Å²) in [5, 5.41) is 0.963. The van der Waals surface area contributed by atoms with Crippen molar-refractivity contribution in [3.63, 3.8) is 0 Å². The van der Waals surface area contributed by atoms with Crippen LogP contribution in [0.3, 0.4) is 0 Å². The lowest BCUT2D eigenvalue weighted by atomic mass is 10.0. The molecule has 0 spiro atoms. The summed E-state index contributed by atoms with van der Waals surface area (Å²) in [7, 11) is 0. The second-order valence-corrected chi connectivity index (χ2v) is 4.82. The number of carbonyl (C=O) groups is 1. The highest BCUT2D eigenvalue weighted by Crippen LogP contribution is 2.18. The largest absolute Gasteiger partial charge is 0.399 e. The highest BCUT2D eigenvalue weighted by Gasteiger charge is 2.11. The Morgan fingerprint density at radius 1 is 1.05 bits per heavy atom. The van der Waals surface area contributed by atoms with Crippen LogP contribution < -0.4 is 5.73 Å². The summed E-state index contributed by atoms with van der Waals surface area (Å²) < 4.78 is 0. The summed E-state index contributed by atoms with van der Waals surface area (Å²) in [6.45, 7) is 1.89. The molecular formula is C17H14N2O. The molecule has 3 aromatic rings. The first-order chi connectivity index (χ1) is 9.65. The van der Waals surface area contributed by atoms with Crippen LogP contribution in [0.25, 0.3) is 10.9 Å². The first-order valence-electron chi connectivity index (χ1n) is 6.41. The number of nitrogens with zero attached hydrogens (tertiary/aromatic N) is 1. The van der Waals surface area contributed by atoms with Crippen molar-refractivity contribution in [2.75, 3.05) is 5.73 Å². The van der Waals surface area contributed by atoms with Gasteiger partial charge in [-0.2, -0.15) is 0 Å². The molecule has 0 radical (unpaired) electrons. The van der Waals surface area contributed by atoms with Crippen LogP contribution in [0, 0.1) is 6.92 Å². The van der Waals surface area contributed by atoms with E-state index >= 15 is 0 Å². The standard InChI is InChI=1S/C17H14N2O/c1-11-8-13(6-7-15(11)18)17(20)14-9-12-4-2-3-5-16(12)19-10-14/h2-10H,18H2,1H3. The number of hydrogen-bond acceptors (Lipinski definition) is 3. The molecule has 0 aliphatic rings. The molecule has 0 fully saturated rings. The first-order valence-corrected chi connectivity index (χ1v) is 6.41. The Hall–Kier alpha value is -2.68. The van der Waals surface area contributed by atoms with E-state index in [-0.39, 0.29) is 5.78 Å². The number of nitrogens with two attached hydrogens (primary N) is 1. The van der Waals surface area contributed by atoms with E-state index in [2.05, 4.69) is 4.98 Å². The van der Waals surface area contributed by atoms with Gasteiger partial charge in [0.05, 0.1) is 5.52 Å². The van der Waals surface area contributed by atoms with Crippen molar-refractivity contribution in [2.24, 2.45) is 0 Å². The molecule has 0 atom stereocenters. The number of fused-ring (bicyclic) bond motifs is 1. The minimum Gasteiger partial charge on any atom is -0.399 e. The predicted octanol–water partition coefficient (Wildman–Crippen LogP) is 3.36. The van der Waals surface area contributed by atoms with Gasteiger partial charge in [0.15, 0.2) is 5.78 Å². The van der Waals surface area contributed by atoms with Crippen LogP contribution in [0.2, 0.25) is 0 Å². The maximum atomic E-state index is 12.5. The zero-order chi connectivity index (χ0) is 14.1. The van der Waals surface area contributed by atoms with Gasteiger partial charge >= 0.3 is 0 Å². The highest BCUT2D eigenvalue weighted by molar-refractivity contribution is 6.10. The Morgan fingerprint density at radius 3 is 2.65 bits per heavy atom. The smallest absolute Gasteiger partial charge is 0.194 e. The van der Waals surface area contributed by atoms with Crippen molar-refractivity contribution < 1.29 is 4.79 Å². The van der Waals surface area contributed by atoms with Gasteiger partial charge in [-0.25, -0.2) is 0 Å². The summed E-state index contributed by atoms with van der Waals surface area (Å²) in [5.74, 6) is -0.0358. The van der Waals surface area contributed by atoms with Gasteiger partial charge in [-0.3, -0.25) is 9.78 Å². The van der Waals surface area contributed by atoms with E-state index in [4.69, 9.17) is 5.73 Å². The Bertz CT molecular complexity index is 809. The van der Waals surface area contributed by atoms with Crippen LogP contribution in [-0.4, -0.2) is 10.8 Å². The normalized spacial score (nSPS) is 10.7. The summed E-state index contributed by atoms with van der Waals surface area (Å²) in [6, 6.07) is 14.9. The number of pyridine rings is 1. The van der Waals surface area contributed by atoms with Gasteiger partial charge in [0.25, 0.3) is 0 Å². The maximum Gasteiger partial charge on any atom is 0.194 e. The molecule has 2 N–H and O–H groups in total. The molecule has 0 saturated heterocycles. The molecule has 0 aliphatic carbocycles. The molecule has 0 amide bonds. The van der Waals surface area contributed by atoms with E-state index in [0.717, 1.165) is 16.5 Å². The Labute approximate surface area is 117 Å². The summed E-state index contributed by atoms with van der Waals surface area (Å²) in [4.78, 5) is 16.8. The number of hydrogen-bond donors (Lipinski definition) is 1. The zero-order valence-corrected chi connectivity index (χ0v) is 11.1. The third kappa shape index (κ3) is 2.14. The minimum atomic E-state index is -0.0358. The Morgan fingerprint density at radius 2 is 1.85 bits per heavy atom. The number of benzene rings is 2. The highest BCUT2D eigenvalue weighted by atomic mass is 16.1. The molecule has 0 aliphatic heterocycles. The molecule has 98 valence electrons. The van der Waals surface area contributed by atoms with Crippen LogP contribution in [0.4, 0.5) is 5.69 Å². The fraction of sp³-hybridized carbons (Fsp3) is 0.0588. The third-order valence-electron chi connectivity index (χ3n) is 3.38. The van der Waals surface area contributed by atoms with E-state index in [1.807, 2.05) is 43.3 Å². The second kappa shape index (κ2) is 4.78. The number of nitrogen functional groups attached to an aromatic ring is 1. The van der Waals surface area contributed by atoms with Crippen LogP contribution in [0.5, 0.6) is 0 Å². The fourth-order valence-electron chi connectivity index (χ4n) is 2.18. The quantitative estimate of drug-likeness (QED) is 0.569. The van der Waals surface area contributed by atoms with Crippen molar-refractivity contribution in [2.45, 2.75) is 6.92 Å². The SMILES string of the molecule is Cc1cc(C(=O)c2cnc3ccccc3c2)ccc1N. The van der Waals surface area contributed by atoms with Gasteiger partial charge in [-0.05, 0) is 42.8 Å². The summed E-state index contributed by atoms with van der Waals surface area (Å²) in [5.41, 5.74) is 9.49. The first kappa shape index (κ1) is 12.4. The zero-order valence-electron chi connectivity index (χ0n) is 11.1. The lowest BCUT2D eigenvalue weighted by molar-refractivity contribution is 0.103. The summed E-state index contributed by atoms with van der Waals surface area (Å²) in [6.07, 6.45) is 1.62. The minimum absolute atomic E-state index is 0.0358. The topological polar surface area (TPSA) is 56.0 Å². The van der Waals surface area contributed by atoms with Crippen molar-refractivity contribution in [3.05, 3.63) is 71.4 Å². The van der Waals surface area contributed by atoms with Gasteiger partial charge in [0, 0.05) is 28.4 Å². The van der Waals surface area contributed by atoms with E-state index in [1.54, 1.807) is 18.3 Å². The van der Waals surface area contributed by atoms with Crippen LogP contribution in [0.15, 0.2) is 54.7 Å². The number of ketones is 1. The number of aromatic nitrogens is 1. The van der Waals surface area contributed by atoms with Crippen LogP contribution in [0.1, 0.15) is 21.5 Å². The molecule has 0 saturated carbocycles. The van der Waals surface area contributed by atoms with Gasteiger partial charge in [0.2, 0.25) is 0 Å². The summed E-state index contributed by atoms with van der Waals surface area (Å²) >= 11 is 0. The molecule has 3 rings (SSSR count). The number of anilines is 1. The molecule has 0 unspecified atom stereocenters. The maximum absolute atomic E-state index is 12.5. The molecule has 2 aromatic carbocycles. The van der Waals surface area contributed by atoms with E-state index < -0.39 is 0 Å². The van der Waals surface area contributed by atoms with Crippen LogP contribution in [-0.2, 0) is 0 Å². The van der Waals surface area contributed by atoms with Gasteiger partial charge in [-0.1, -0.05) is 18.2 Å². The average molecular weight is 262 g/mol. The van der Waals surface area contributed by atoms with Gasteiger partial charge < -0.3 is 5.73 Å².